The van der Waals surface area contributed by atoms with Crippen molar-refractivity contribution in [3.8, 4) is 5.75 Å². The summed E-state index contributed by atoms with van der Waals surface area (Å²) in [6.07, 6.45) is 2.31. The summed E-state index contributed by atoms with van der Waals surface area (Å²) in [4.78, 5) is 12.5. The minimum absolute atomic E-state index is 0.00363. The molecule has 1 fully saturated rings. The second-order valence-electron chi connectivity index (χ2n) is 5.94. The van der Waals surface area contributed by atoms with Crippen LogP contribution in [0.4, 0.5) is 17.1 Å². The highest BCUT2D eigenvalue weighted by Crippen LogP contribution is 2.30. The van der Waals surface area contributed by atoms with Gasteiger partial charge in [0.15, 0.2) is 5.75 Å². The summed E-state index contributed by atoms with van der Waals surface area (Å²) in [6.45, 7) is 2.00. The zero-order chi connectivity index (χ0) is 18.7. The molecular formula is C17H19N3O5S. The number of nitrogens with one attached hydrogen (secondary N) is 1. The third-order valence-corrected chi connectivity index (χ3v) is 5.63. The van der Waals surface area contributed by atoms with E-state index in [1.54, 1.807) is 12.1 Å². The van der Waals surface area contributed by atoms with Gasteiger partial charge >= 0.3 is 5.69 Å². The molecule has 1 N–H and O–H groups in total. The number of ether oxygens (including phenoxy) is 1. The first kappa shape index (κ1) is 18.0. The standard InChI is InChI=1S/C17H19N3O5S/c1-25-17-9-8-15(12-16(17)20(21)22)26(23,24)18-13-4-6-14(7-5-13)19-10-2-3-11-19/h4-9,12,18H,2-3,10-11H2,1H3. The van der Waals surface area contributed by atoms with Crippen molar-refractivity contribution in [3.05, 3.63) is 52.6 Å². The van der Waals surface area contributed by atoms with Gasteiger partial charge in [-0.3, -0.25) is 14.8 Å². The van der Waals surface area contributed by atoms with E-state index in [0.717, 1.165) is 37.7 Å². The van der Waals surface area contributed by atoms with Crippen molar-refractivity contribution in [1.29, 1.82) is 0 Å². The van der Waals surface area contributed by atoms with Crippen LogP contribution in [-0.2, 0) is 10.0 Å². The topological polar surface area (TPSA) is 102 Å². The molecular weight excluding hydrogens is 358 g/mol. The van der Waals surface area contributed by atoms with Crippen LogP contribution in [0.2, 0.25) is 0 Å². The zero-order valence-electron chi connectivity index (χ0n) is 14.2. The van der Waals surface area contributed by atoms with Gasteiger partial charge in [-0.1, -0.05) is 0 Å². The molecule has 0 bridgehead atoms. The van der Waals surface area contributed by atoms with E-state index >= 15 is 0 Å². The first-order valence-electron chi connectivity index (χ1n) is 8.11. The van der Waals surface area contributed by atoms with Crippen LogP contribution in [0.15, 0.2) is 47.4 Å². The maximum Gasteiger partial charge on any atom is 0.312 e. The molecule has 2 aromatic rings. The third kappa shape index (κ3) is 3.72. The third-order valence-electron chi connectivity index (χ3n) is 4.25. The number of methoxy groups -OCH3 is 1. The van der Waals surface area contributed by atoms with E-state index in [4.69, 9.17) is 4.74 Å². The molecule has 138 valence electrons. The molecule has 0 saturated carbocycles. The van der Waals surface area contributed by atoms with Crippen molar-refractivity contribution in [2.24, 2.45) is 0 Å². The van der Waals surface area contributed by atoms with Crippen LogP contribution >= 0.6 is 0 Å². The molecule has 1 saturated heterocycles. The highest BCUT2D eigenvalue weighted by Gasteiger charge is 2.22. The van der Waals surface area contributed by atoms with Crippen LogP contribution in [0.1, 0.15) is 12.8 Å². The monoisotopic (exact) mass is 377 g/mol. The van der Waals surface area contributed by atoms with E-state index in [1.807, 2.05) is 12.1 Å². The fraction of sp³-hybridized carbons (Fsp3) is 0.294. The molecule has 0 aromatic heterocycles. The SMILES string of the molecule is COc1ccc(S(=O)(=O)Nc2ccc(N3CCCC3)cc2)cc1[N+](=O)[O-]. The van der Waals surface area contributed by atoms with Crippen LogP contribution in [0, 0.1) is 10.1 Å². The maximum absolute atomic E-state index is 12.5. The molecule has 3 rings (SSSR count). The Balaban J connectivity index is 1.82. The Bertz CT molecular complexity index is 906. The van der Waals surface area contributed by atoms with E-state index in [0.29, 0.717) is 5.69 Å². The molecule has 0 amide bonds. The minimum Gasteiger partial charge on any atom is -0.490 e. The summed E-state index contributed by atoms with van der Waals surface area (Å²) in [6, 6.07) is 10.6. The fourth-order valence-corrected chi connectivity index (χ4v) is 3.99. The normalized spacial score (nSPS) is 14.3. The van der Waals surface area contributed by atoms with Crippen LogP contribution in [-0.4, -0.2) is 33.5 Å². The second kappa shape index (κ2) is 7.20. The molecule has 8 nitrogen and oxygen atoms in total. The molecule has 0 atom stereocenters. The van der Waals surface area contributed by atoms with Gasteiger partial charge < -0.3 is 9.64 Å². The molecule has 26 heavy (non-hydrogen) atoms. The van der Waals surface area contributed by atoms with Gasteiger partial charge in [-0.2, -0.15) is 0 Å². The predicted molar refractivity (Wildman–Crippen MR) is 98.3 cm³/mol. The summed E-state index contributed by atoms with van der Waals surface area (Å²) in [5.41, 5.74) is 1.04. The average Bonchev–Trinajstić information content (AvgIpc) is 3.16. The minimum atomic E-state index is -3.95. The Morgan fingerprint density at radius 3 is 2.35 bits per heavy atom. The lowest BCUT2D eigenvalue weighted by Crippen LogP contribution is -2.17. The Morgan fingerprint density at radius 2 is 1.77 bits per heavy atom. The van der Waals surface area contributed by atoms with E-state index in [2.05, 4.69) is 9.62 Å². The first-order chi connectivity index (χ1) is 12.4. The number of hydrogen-bond donors (Lipinski definition) is 1. The fourth-order valence-electron chi connectivity index (χ4n) is 2.91. The lowest BCUT2D eigenvalue weighted by Gasteiger charge is -2.18. The van der Waals surface area contributed by atoms with Gasteiger partial charge in [-0.25, -0.2) is 8.42 Å². The Hall–Kier alpha value is -2.81. The number of hydrogen-bond acceptors (Lipinski definition) is 6. The quantitative estimate of drug-likeness (QED) is 0.613. The van der Waals surface area contributed by atoms with E-state index in [9.17, 15) is 18.5 Å². The Kier molecular flexibility index (Phi) is 4.99. The maximum atomic E-state index is 12.5. The molecule has 1 heterocycles. The number of benzene rings is 2. The van der Waals surface area contributed by atoms with E-state index in [-0.39, 0.29) is 10.6 Å². The number of rotatable bonds is 6. The molecule has 2 aromatic carbocycles. The predicted octanol–water partition coefficient (Wildman–Crippen LogP) is 3.00. The largest absolute Gasteiger partial charge is 0.490 e. The number of sulfonamides is 1. The summed E-state index contributed by atoms with van der Waals surface area (Å²) >= 11 is 0. The molecule has 0 aliphatic carbocycles. The summed E-state index contributed by atoms with van der Waals surface area (Å²) < 4.78 is 32.4. The highest BCUT2D eigenvalue weighted by molar-refractivity contribution is 7.92. The van der Waals surface area contributed by atoms with E-state index in [1.165, 1.54) is 19.2 Å². The Morgan fingerprint density at radius 1 is 1.12 bits per heavy atom. The van der Waals surface area contributed by atoms with Gasteiger partial charge in [0.2, 0.25) is 0 Å². The van der Waals surface area contributed by atoms with Crippen LogP contribution in [0.25, 0.3) is 0 Å². The van der Waals surface area contributed by atoms with Crippen LogP contribution < -0.4 is 14.4 Å². The number of nitro groups is 1. The highest BCUT2D eigenvalue weighted by atomic mass is 32.2. The first-order valence-corrected chi connectivity index (χ1v) is 9.59. The van der Waals surface area contributed by atoms with Crippen molar-refractivity contribution in [3.63, 3.8) is 0 Å². The van der Waals surface area contributed by atoms with Crippen LogP contribution in [0.5, 0.6) is 5.75 Å². The average molecular weight is 377 g/mol. The van der Waals surface area contributed by atoms with Gasteiger partial charge in [0, 0.05) is 30.5 Å². The zero-order valence-corrected chi connectivity index (χ0v) is 15.0. The lowest BCUT2D eigenvalue weighted by molar-refractivity contribution is -0.386. The van der Waals surface area contributed by atoms with Crippen LogP contribution in [0.3, 0.4) is 0 Å². The number of nitrogens with zero attached hydrogens (tertiary/aromatic N) is 2. The summed E-state index contributed by atoms with van der Waals surface area (Å²) in [7, 11) is -2.66. The van der Waals surface area contributed by atoms with Gasteiger partial charge in [0.05, 0.1) is 16.9 Å². The molecule has 0 radical (unpaired) electrons. The molecule has 0 spiro atoms. The van der Waals surface area contributed by atoms with Gasteiger partial charge in [-0.15, -0.1) is 0 Å². The number of anilines is 2. The Labute approximate surface area is 151 Å². The molecule has 1 aliphatic rings. The van der Waals surface area contributed by atoms with Gasteiger partial charge in [-0.05, 0) is 49.2 Å². The molecule has 0 unspecified atom stereocenters. The molecule has 9 heteroatoms. The summed E-state index contributed by atoms with van der Waals surface area (Å²) in [5, 5.41) is 11.1. The number of nitro benzene ring substituents is 1. The van der Waals surface area contributed by atoms with Crippen molar-refractivity contribution in [2.45, 2.75) is 17.7 Å². The van der Waals surface area contributed by atoms with Gasteiger partial charge in [0.25, 0.3) is 10.0 Å². The van der Waals surface area contributed by atoms with Crippen molar-refractivity contribution < 1.29 is 18.1 Å². The van der Waals surface area contributed by atoms with Gasteiger partial charge in [0.1, 0.15) is 0 Å². The smallest absolute Gasteiger partial charge is 0.312 e. The van der Waals surface area contributed by atoms with E-state index < -0.39 is 20.6 Å². The summed E-state index contributed by atoms with van der Waals surface area (Å²) in [5.74, 6) is 0.00363. The molecule has 1 aliphatic heterocycles. The lowest BCUT2D eigenvalue weighted by atomic mass is 10.2. The van der Waals surface area contributed by atoms with Crippen molar-refractivity contribution in [2.75, 3.05) is 29.8 Å². The second-order valence-corrected chi connectivity index (χ2v) is 7.62. The van der Waals surface area contributed by atoms with Crippen molar-refractivity contribution >= 4 is 27.1 Å². The van der Waals surface area contributed by atoms with Crippen molar-refractivity contribution in [1.82, 2.24) is 0 Å².